The van der Waals surface area contributed by atoms with Gasteiger partial charge in [0.25, 0.3) is 0 Å². The van der Waals surface area contributed by atoms with E-state index in [1.54, 1.807) is 12.1 Å². The maximum Gasteiger partial charge on any atom is 0.248 e. The molecule has 2 atom stereocenters. The number of carbonyl (C=O) groups excluding carboxylic acids is 3. The zero-order chi connectivity index (χ0) is 25.8. The Morgan fingerprint density at radius 2 is 1.69 bits per heavy atom. The van der Waals surface area contributed by atoms with Crippen molar-refractivity contribution in [2.75, 3.05) is 31.5 Å². The van der Waals surface area contributed by atoms with E-state index < -0.39 is 23.9 Å². The van der Waals surface area contributed by atoms with Crippen molar-refractivity contribution in [3.63, 3.8) is 0 Å². The Labute approximate surface area is 214 Å². The van der Waals surface area contributed by atoms with Gasteiger partial charge in [0.1, 0.15) is 11.9 Å². The van der Waals surface area contributed by atoms with Crippen LogP contribution in [0.1, 0.15) is 24.1 Å². The molecule has 0 saturated carbocycles. The van der Waals surface area contributed by atoms with Gasteiger partial charge in [0.2, 0.25) is 17.7 Å². The zero-order valence-corrected chi connectivity index (χ0v) is 21.5. The summed E-state index contributed by atoms with van der Waals surface area (Å²) < 4.78 is 0.818. The maximum absolute atomic E-state index is 13.1. The number of benzene rings is 1. The normalized spacial score (nSPS) is 12.5. The Bertz CT molecular complexity index is 984. The smallest absolute Gasteiger partial charge is 0.248 e. The molecular formula is C24H34BrN7O3. The maximum atomic E-state index is 13.1. The lowest BCUT2D eigenvalue weighted by atomic mass is 10.0. The number of anilines is 1. The fourth-order valence-electron chi connectivity index (χ4n) is 3.41. The van der Waals surface area contributed by atoms with Gasteiger partial charge in [0.15, 0.2) is 0 Å². The second-order valence-electron chi connectivity index (χ2n) is 8.11. The van der Waals surface area contributed by atoms with Crippen LogP contribution < -0.4 is 27.8 Å². The van der Waals surface area contributed by atoms with E-state index in [0.717, 1.165) is 10.0 Å². The van der Waals surface area contributed by atoms with E-state index in [1.807, 2.05) is 37.3 Å². The van der Waals surface area contributed by atoms with Crippen LogP contribution in [0.5, 0.6) is 0 Å². The van der Waals surface area contributed by atoms with Crippen LogP contribution in [-0.2, 0) is 20.8 Å². The summed E-state index contributed by atoms with van der Waals surface area (Å²) in [7, 11) is 0. The van der Waals surface area contributed by atoms with Crippen molar-refractivity contribution >= 4 is 39.5 Å². The Morgan fingerprint density at radius 1 is 1.03 bits per heavy atom. The molecule has 0 saturated heterocycles. The van der Waals surface area contributed by atoms with E-state index in [-0.39, 0.29) is 25.4 Å². The van der Waals surface area contributed by atoms with Gasteiger partial charge >= 0.3 is 0 Å². The van der Waals surface area contributed by atoms with Crippen LogP contribution in [0.25, 0.3) is 0 Å². The number of halogens is 1. The van der Waals surface area contributed by atoms with E-state index in [2.05, 4.69) is 31.5 Å². The van der Waals surface area contributed by atoms with E-state index in [1.165, 1.54) is 4.90 Å². The van der Waals surface area contributed by atoms with Gasteiger partial charge in [-0.3, -0.25) is 14.4 Å². The van der Waals surface area contributed by atoms with Crippen molar-refractivity contribution in [2.24, 2.45) is 17.2 Å². The van der Waals surface area contributed by atoms with Gasteiger partial charge in [0.05, 0.1) is 18.2 Å². The first-order valence-electron chi connectivity index (χ1n) is 11.5. The van der Waals surface area contributed by atoms with E-state index in [9.17, 15) is 14.4 Å². The summed E-state index contributed by atoms with van der Waals surface area (Å²) in [5.41, 5.74) is 18.9. The minimum atomic E-state index is -1.12. The third-order valence-corrected chi connectivity index (χ3v) is 6.19. The molecule has 0 aliphatic carbocycles. The molecule has 10 nitrogen and oxygen atoms in total. The van der Waals surface area contributed by atoms with E-state index >= 15 is 0 Å². The van der Waals surface area contributed by atoms with Crippen molar-refractivity contribution in [1.29, 1.82) is 0 Å². The molecule has 0 aliphatic heterocycles. The second kappa shape index (κ2) is 14.5. The number of carbonyl (C=O) groups is 3. The van der Waals surface area contributed by atoms with Crippen molar-refractivity contribution < 1.29 is 14.4 Å². The number of pyridine rings is 1. The van der Waals surface area contributed by atoms with Crippen LogP contribution in [0.2, 0.25) is 0 Å². The summed E-state index contributed by atoms with van der Waals surface area (Å²) in [6, 6.07) is 11.1. The van der Waals surface area contributed by atoms with Gasteiger partial charge in [-0.25, -0.2) is 4.98 Å². The van der Waals surface area contributed by atoms with Crippen LogP contribution >= 0.6 is 15.9 Å². The van der Waals surface area contributed by atoms with Gasteiger partial charge in [-0.05, 0) is 53.4 Å². The lowest BCUT2D eigenvalue weighted by molar-refractivity contribution is -0.134. The highest BCUT2D eigenvalue weighted by Gasteiger charge is 2.26. The summed E-state index contributed by atoms with van der Waals surface area (Å²) in [5, 5.41) is 5.46. The molecule has 0 bridgehead atoms. The molecule has 0 fully saturated rings. The predicted octanol–water partition coefficient (Wildman–Crippen LogP) is 0.672. The minimum absolute atomic E-state index is 0.216. The molecule has 11 heteroatoms. The van der Waals surface area contributed by atoms with Crippen LogP contribution in [0, 0.1) is 6.92 Å². The van der Waals surface area contributed by atoms with Crippen LogP contribution in [0.3, 0.4) is 0 Å². The van der Waals surface area contributed by atoms with Gasteiger partial charge < -0.3 is 32.7 Å². The monoisotopic (exact) mass is 547 g/mol. The quantitative estimate of drug-likeness (QED) is 0.245. The Balaban J connectivity index is 2.09. The molecule has 3 amide bonds. The third-order valence-electron chi connectivity index (χ3n) is 5.35. The second-order valence-corrected chi connectivity index (χ2v) is 8.96. The summed E-state index contributed by atoms with van der Waals surface area (Å²) in [4.78, 5) is 44.3. The Hall–Kier alpha value is -2.86. The highest BCUT2D eigenvalue weighted by atomic mass is 79.9. The van der Waals surface area contributed by atoms with Crippen molar-refractivity contribution in [3.8, 4) is 0 Å². The average Bonchev–Trinajstić information content (AvgIpc) is 2.84. The number of hydrogen-bond donors (Lipinski definition) is 5. The van der Waals surface area contributed by atoms with Gasteiger partial charge in [-0.15, -0.1) is 0 Å². The molecule has 35 heavy (non-hydrogen) atoms. The Kier molecular flexibility index (Phi) is 11.8. The highest BCUT2D eigenvalue weighted by molar-refractivity contribution is 9.10. The number of nitrogens with zero attached hydrogens (tertiary/aromatic N) is 2. The number of aromatic nitrogens is 1. The largest absolute Gasteiger partial charge is 0.343 e. The van der Waals surface area contributed by atoms with Crippen molar-refractivity contribution in [2.45, 2.75) is 38.3 Å². The average molecular weight is 548 g/mol. The van der Waals surface area contributed by atoms with Gasteiger partial charge in [-0.1, -0.05) is 30.3 Å². The van der Waals surface area contributed by atoms with Crippen LogP contribution in [0.15, 0.2) is 46.9 Å². The van der Waals surface area contributed by atoms with Crippen LogP contribution in [0.4, 0.5) is 5.82 Å². The molecule has 8 N–H and O–H groups in total. The van der Waals surface area contributed by atoms with Crippen molar-refractivity contribution in [1.82, 2.24) is 15.2 Å². The summed E-state index contributed by atoms with van der Waals surface area (Å²) >= 11 is 3.38. The molecule has 0 spiro atoms. The number of hydrogen-bond acceptors (Lipinski definition) is 7. The third kappa shape index (κ3) is 9.36. The lowest BCUT2D eigenvalue weighted by Crippen LogP contribution is -2.52. The molecule has 0 aliphatic rings. The molecule has 2 rings (SSSR count). The summed E-state index contributed by atoms with van der Waals surface area (Å²) in [6.07, 6.45) is 0.678. The molecule has 190 valence electrons. The first-order chi connectivity index (χ1) is 16.7. The van der Waals surface area contributed by atoms with Crippen LogP contribution in [-0.4, -0.2) is 65.9 Å². The lowest BCUT2D eigenvalue weighted by Gasteiger charge is -2.24. The molecule has 1 heterocycles. The highest BCUT2D eigenvalue weighted by Crippen LogP contribution is 2.17. The topological polar surface area (TPSA) is 169 Å². The first kappa shape index (κ1) is 28.4. The molecule has 0 radical (unpaired) electrons. The SMILES string of the molecule is Cc1nc(NC(=O)[C@H](CCc2ccccc2)NC(=O)[C@@H](N)CC(=O)N(CCN)CCN)ccc1Br. The summed E-state index contributed by atoms with van der Waals surface area (Å²) in [5.74, 6) is -0.960. The molecule has 0 unspecified atom stereocenters. The molecule has 1 aromatic heterocycles. The predicted molar refractivity (Wildman–Crippen MR) is 139 cm³/mol. The van der Waals surface area contributed by atoms with E-state index in [0.29, 0.717) is 37.4 Å². The number of amides is 3. The standard InChI is InChI=1S/C24H34BrN7O3/c1-16-18(25)8-10-21(29-16)31-24(35)20(9-7-17-5-3-2-4-6-17)30-23(34)19(28)15-22(33)32(13-11-26)14-12-27/h2-6,8,10,19-20H,7,9,11-15,26-28H2,1H3,(H,30,34)(H,29,31,35)/t19-,20-/m0/s1. The number of aryl methyl sites for hydroxylation is 2. The number of nitrogens with two attached hydrogens (primary N) is 3. The van der Waals surface area contributed by atoms with Gasteiger partial charge in [-0.2, -0.15) is 0 Å². The number of nitrogens with one attached hydrogen (secondary N) is 2. The summed E-state index contributed by atoms with van der Waals surface area (Å²) in [6.45, 7) is 3.01. The first-order valence-corrected chi connectivity index (χ1v) is 12.3. The minimum Gasteiger partial charge on any atom is -0.343 e. The zero-order valence-electron chi connectivity index (χ0n) is 19.9. The molecule has 2 aromatic rings. The van der Waals surface area contributed by atoms with Gasteiger partial charge in [0, 0.05) is 30.7 Å². The fourth-order valence-corrected chi connectivity index (χ4v) is 3.63. The fraction of sp³-hybridized carbons (Fsp3) is 0.417. The van der Waals surface area contributed by atoms with E-state index in [4.69, 9.17) is 17.2 Å². The molecular weight excluding hydrogens is 514 g/mol. The Morgan fingerprint density at radius 3 is 2.29 bits per heavy atom. The number of rotatable bonds is 13. The van der Waals surface area contributed by atoms with Crippen molar-refractivity contribution in [3.05, 3.63) is 58.2 Å². The molecule has 1 aromatic carbocycles.